The number of alkyl halides is 1. The monoisotopic (exact) mass is 260 g/mol. The second-order valence-electron chi connectivity index (χ2n) is 4.72. The Labute approximate surface area is 95.3 Å². The van der Waals surface area contributed by atoms with Crippen molar-refractivity contribution in [2.24, 2.45) is 5.92 Å². The SMILES string of the molecule is CCCCC1NNC2CCC(Br)CC12. The summed E-state index contributed by atoms with van der Waals surface area (Å²) in [5.41, 5.74) is 6.95. The van der Waals surface area contributed by atoms with Gasteiger partial charge in [0.25, 0.3) is 0 Å². The summed E-state index contributed by atoms with van der Waals surface area (Å²) in [5, 5.41) is 0. The van der Waals surface area contributed by atoms with E-state index < -0.39 is 0 Å². The van der Waals surface area contributed by atoms with Crippen molar-refractivity contribution in [2.45, 2.75) is 62.4 Å². The number of nitrogens with one attached hydrogen (secondary N) is 2. The van der Waals surface area contributed by atoms with Gasteiger partial charge in [-0.1, -0.05) is 35.7 Å². The molecule has 1 saturated heterocycles. The number of hydrazine groups is 1. The Hall–Kier alpha value is 0.400. The second-order valence-corrected chi connectivity index (χ2v) is 6.01. The molecule has 1 aliphatic heterocycles. The van der Waals surface area contributed by atoms with E-state index in [1.54, 1.807) is 0 Å². The topological polar surface area (TPSA) is 24.1 Å². The lowest BCUT2D eigenvalue weighted by Gasteiger charge is -2.30. The van der Waals surface area contributed by atoms with Crippen LogP contribution in [0.15, 0.2) is 0 Å². The highest BCUT2D eigenvalue weighted by molar-refractivity contribution is 9.09. The Morgan fingerprint density at radius 1 is 1.29 bits per heavy atom. The zero-order valence-electron chi connectivity index (χ0n) is 8.93. The van der Waals surface area contributed by atoms with Crippen LogP contribution in [0.2, 0.25) is 0 Å². The lowest BCUT2D eigenvalue weighted by Crippen LogP contribution is -2.35. The van der Waals surface area contributed by atoms with Gasteiger partial charge >= 0.3 is 0 Å². The average Bonchev–Trinajstić information content (AvgIpc) is 2.57. The first-order chi connectivity index (χ1) is 6.81. The Kier molecular flexibility index (Phi) is 3.86. The minimum absolute atomic E-state index is 0.722. The molecule has 14 heavy (non-hydrogen) atoms. The van der Waals surface area contributed by atoms with Crippen molar-refractivity contribution in [2.75, 3.05) is 0 Å². The maximum atomic E-state index is 3.76. The van der Waals surface area contributed by atoms with E-state index in [1.165, 1.54) is 38.5 Å². The molecule has 2 fully saturated rings. The standard InChI is InChI=1S/C11H21BrN2/c1-2-3-4-10-9-7-8(12)5-6-11(9)14-13-10/h8-11,13-14H,2-7H2,1H3. The van der Waals surface area contributed by atoms with Crippen LogP contribution in [0, 0.1) is 5.92 Å². The largest absolute Gasteiger partial charge is 0.254 e. The van der Waals surface area contributed by atoms with Crippen molar-refractivity contribution in [3.63, 3.8) is 0 Å². The number of unbranched alkanes of at least 4 members (excludes halogenated alkanes) is 1. The minimum Gasteiger partial charge on any atom is -0.254 e. The molecule has 2 N–H and O–H groups in total. The van der Waals surface area contributed by atoms with Crippen molar-refractivity contribution in [3.8, 4) is 0 Å². The van der Waals surface area contributed by atoms with Crippen LogP contribution in [-0.4, -0.2) is 16.9 Å². The van der Waals surface area contributed by atoms with Crippen LogP contribution in [0.4, 0.5) is 0 Å². The van der Waals surface area contributed by atoms with Gasteiger partial charge in [-0.25, -0.2) is 0 Å². The molecule has 2 rings (SSSR count). The molecule has 0 spiro atoms. The predicted molar refractivity (Wildman–Crippen MR) is 63.4 cm³/mol. The van der Waals surface area contributed by atoms with Gasteiger partial charge in [0.1, 0.15) is 0 Å². The Bertz CT molecular complexity index is 186. The predicted octanol–water partition coefficient (Wildman–Crippen LogP) is 2.59. The molecule has 3 heteroatoms. The van der Waals surface area contributed by atoms with E-state index in [0.717, 1.165) is 22.8 Å². The first-order valence-corrected chi connectivity index (χ1v) is 6.88. The molecule has 0 radical (unpaired) electrons. The smallest absolute Gasteiger partial charge is 0.0257 e. The molecule has 1 aliphatic carbocycles. The van der Waals surface area contributed by atoms with Gasteiger partial charge in [0.15, 0.2) is 0 Å². The molecule has 0 aromatic carbocycles. The van der Waals surface area contributed by atoms with Gasteiger partial charge in [0.05, 0.1) is 0 Å². The first-order valence-electron chi connectivity index (χ1n) is 5.96. The normalized spacial score (nSPS) is 42.4. The Balaban J connectivity index is 1.87. The zero-order valence-corrected chi connectivity index (χ0v) is 10.5. The fourth-order valence-corrected chi connectivity index (χ4v) is 3.50. The van der Waals surface area contributed by atoms with Crippen molar-refractivity contribution in [1.29, 1.82) is 0 Å². The van der Waals surface area contributed by atoms with Gasteiger partial charge in [-0.2, -0.15) is 0 Å². The van der Waals surface area contributed by atoms with Crippen LogP contribution >= 0.6 is 15.9 Å². The van der Waals surface area contributed by atoms with Crippen molar-refractivity contribution in [1.82, 2.24) is 10.9 Å². The summed E-state index contributed by atoms with van der Waals surface area (Å²) in [4.78, 5) is 0.759. The Morgan fingerprint density at radius 3 is 2.93 bits per heavy atom. The van der Waals surface area contributed by atoms with E-state index in [2.05, 4.69) is 33.7 Å². The van der Waals surface area contributed by atoms with Crippen LogP contribution in [0.5, 0.6) is 0 Å². The lowest BCUT2D eigenvalue weighted by atomic mass is 9.80. The lowest BCUT2D eigenvalue weighted by molar-refractivity contribution is 0.304. The summed E-state index contributed by atoms with van der Waals surface area (Å²) in [7, 11) is 0. The molecule has 0 aromatic heterocycles. The molecule has 2 nitrogen and oxygen atoms in total. The number of halogens is 1. The van der Waals surface area contributed by atoms with Crippen molar-refractivity contribution < 1.29 is 0 Å². The van der Waals surface area contributed by atoms with Gasteiger partial charge < -0.3 is 0 Å². The second kappa shape index (κ2) is 4.95. The molecule has 1 heterocycles. The first kappa shape index (κ1) is 10.9. The summed E-state index contributed by atoms with van der Waals surface area (Å²) < 4.78 is 0. The fourth-order valence-electron chi connectivity index (χ4n) is 2.81. The minimum atomic E-state index is 0.722. The highest BCUT2D eigenvalue weighted by Crippen LogP contribution is 2.35. The molecule has 0 bridgehead atoms. The quantitative estimate of drug-likeness (QED) is 0.763. The van der Waals surface area contributed by atoms with E-state index in [1.807, 2.05) is 0 Å². The highest BCUT2D eigenvalue weighted by Gasteiger charge is 2.38. The maximum Gasteiger partial charge on any atom is 0.0257 e. The van der Waals surface area contributed by atoms with E-state index in [4.69, 9.17) is 0 Å². The molecule has 2 aliphatic rings. The summed E-state index contributed by atoms with van der Waals surface area (Å²) in [6, 6.07) is 1.46. The summed E-state index contributed by atoms with van der Waals surface area (Å²) >= 11 is 3.76. The maximum absolute atomic E-state index is 3.76. The van der Waals surface area contributed by atoms with Crippen molar-refractivity contribution >= 4 is 15.9 Å². The number of hydrogen-bond donors (Lipinski definition) is 2. The van der Waals surface area contributed by atoms with E-state index in [-0.39, 0.29) is 0 Å². The van der Waals surface area contributed by atoms with Gasteiger partial charge in [0.2, 0.25) is 0 Å². The third kappa shape index (κ3) is 2.31. The third-order valence-corrected chi connectivity index (χ3v) is 4.51. The van der Waals surface area contributed by atoms with Crippen LogP contribution in [-0.2, 0) is 0 Å². The fraction of sp³-hybridized carbons (Fsp3) is 1.00. The van der Waals surface area contributed by atoms with E-state index >= 15 is 0 Å². The summed E-state index contributed by atoms with van der Waals surface area (Å²) in [6.45, 7) is 2.27. The van der Waals surface area contributed by atoms with Crippen LogP contribution in [0.25, 0.3) is 0 Å². The van der Waals surface area contributed by atoms with Crippen molar-refractivity contribution in [3.05, 3.63) is 0 Å². The van der Waals surface area contributed by atoms with Crippen LogP contribution < -0.4 is 10.9 Å². The average molecular weight is 261 g/mol. The molecule has 0 amide bonds. The number of rotatable bonds is 3. The zero-order chi connectivity index (χ0) is 9.97. The van der Waals surface area contributed by atoms with Crippen LogP contribution in [0.1, 0.15) is 45.4 Å². The van der Waals surface area contributed by atoms with Gasteiger partial charge in [-0.15, -0.1) is 0 Å². The molecule has 4 unspecified atom stereocenters. The van der Waals surface area contributed by atoms with E-state index in [9.17, 15) is 0 Å². The van der Waals surface area contributed by atoms with Crippen LogP contribution in [0.3, 0.4) is 0 Å². The number of fused-ring (bicyclic) bond motifs is 1. The number of hydrogen-bond acceptors (Lipinski definition) is 2. The molecule has 4 atom stereocenters. The molecule has 0 aromatic rings. The van der Waals surface area contributed by atoms with Gasteiger partial charge in [-0.3, -0.25) is 10.9 Å². The molecular weight excluding hydrogens is 240 g/mol. The summed E-state index contributed by atoms with van der Waals surface area (Å²) in [5.74, 6) is 0.861. The van der Waals surface area contributed by atoms with Gasteiger partial charge in [0, 0.05) is 16.9 Å². The molecule has 82 valence electrons. The molecule has 1 saturated carbocycles. The van der Waals surface area contributed by atoms with E-state index in [0.29, 0.717) is 0 Å². The highest BCUT2D eigenvalue weighted by atomic mass is 79.9. The molecular formula is C11H21BrN2. The Morgan fingerprint density at radius 2 is 2.14 bits per heavy atom. The van der Waals surface area contributed by atoms with Gasteiger partial charge in [-0.05, 0) is 31.6 Å². The summed E-state index contributed by atoms with van der Waals surface area (Å²) in [6.07, 6.45) is 8.01. The third-order valence-electron chi connectivity index (χ3n) is 3.68.